The monoisotopic (exact) mass is 333 g/mol. The van der Waals surface area contributed by atoms with Crippen LogP contribution in [-0.4, -0.2) is 24.4 Å². The molecule has 0 aliphatic rings. The van der Waals surface area contributed by atoms with Gasteiger partial charge >= 0.3 is 12.3 Å². The second kappa shape index (κ2) is 6.88. The number of halogens is 6. The van der Waals surface area contributed by atoms with E-state index in [4.69, 9.17) is 11.6 Å². The van der Waals surface area contributed by atoms with Crippen molar-refractivity contribution in [1.29, 1.82) is 0 Å². The normalized spacial score (nSPS) is 11.6. The highest BCUT2D eigenvalue weighted by molar-refractivity contribution is 6.17. The van der Waals surface area contributed by atoms with E-state index in [1.165, 1.54) is 0 Å². The first kappa shape index (κ1) is 17.4. The number of aromatic nitrogens is 1. The summed E-state index contributed by atoms with van der Waals surface area (Å²) in [5.74, 6) is -2.49. The molecule has 0 bridgehead atoms. The highest BCUT2D eigenvalue weighted by atomic mass is 35.5. The maximum absolute atomic E-state index is 12.8. The lowest BCUT2D eigenvalue weighted by Gasteiger charge is -2.16. The Morgan fingerprint density at radius 1 is 1.38 bits per heavy atom. The van der Waals surface area contributed by atoms with Gasteiger partial charge in [-0.25, -0.2) is 13.8 Å². The summed E-state index contributed by atoms with van der Waals surface area (Å²) in [7, 11) is 0.997. The van der Waals surface area contributed by atoms with Crippen LogP contribution < -0.4 is 4.74 Å². The molecule has 0 aliphatic heterocycles. The number of hydrogen-bond acceptors (Lipinski definition) is 4. The Kier molecular flexibility index (Phi) is 5.70. The molecule has 0 saturated carbocycles. The van der Waals surface area contributed by atoms with Gasteiger partial charge in [-0.3, -0.25) is 4.79 Å². The quantitative estimate of drug-likeness (QED) is 0.471. The fourth-order valence-electron chi connectivity index (χ4n) is 1.53. The summed E-state index contributed by atoms with van der Waals surface area (Å²) < 4.78 is 70.4. The van der Waals surface area contributed by atoms with E-state index in [1.54, 1.807) is 0 Å². The molecular formula is C11H9ClF5NO3. The number of pyridine rings is 1. The summed E-state index contributed by atoms with van der Waals surface area (Å²) in [6.07, 6.45) is -8.29. The molecule has 1 aromatic heterocycles. The van der Waals surface area contributed by atoms with Gasteiger partial charge in [0.25, 0.3) is 6.43 Å². The van der Waals surface area contributed by atoms with Crippen LogP contribution in [0.1, 0.15) is 23.1 Å². The van der Waals surface area contributed by atoms with Gasteiger partial charge in [-0.2, -0.15) is 0 Å². The molecule has 0 aromatic carbocycles. The summed E-state index contributed by atoms with van der Waals surface area (Å²) in [6, 6.07) is 0. The van der Waals surface area contributed by atoms with Gasteiger partial charge in [-0.1, -0.05) is 0 Å². The average molecular weight is 334 g/mol. The molecule has 21 heavy (non-hydrogen) atoms. The molecule has 4 nitrogen and oxygen atoms in total. The van der Waals surface area contributed by atoms with Crippen LogP contribution >= 0.6 is 11.6 Å². The van der Waals surface area contributed by atoms with E-state index in [1.807, 2.05) is 0 Å². The van der Waals surface area contributed by atoms with Crippen molar-refractivity contribution in [3.05, 3.63) is 22.9 Å². The van der Waals surface area contributed by atoms with Crippen molar-refractivity contribution in [1.82, 2.24) is 4.98 Å². The molecule has 0 radical (unpaired) electrons. The number of methoxy groups -OCH3 is 1. The first-order chi connectivity index (χ1) is 9.69. The molecule has 0 fully saturated rings. The van der Waals surface area contributed by atoms with Gasteiger partial charge in [0.2, 0.25) is 5.88 Å². The first-order valence-corrected chi connectivity index (χ1v) is 5.90. The van der Waals surface area contributed by atoms with E-state index in [0.717, 1.165) is 7.11 Å². The third kappa shape index (κ3) is 4.69. The second-order valence-electron chi connectivity index (χ2n) is 3.71. The van der Waals surface area contributed by atoms with E-state index in [0.29, 0.717) is 6.20 Å². The van der Waals surface area contributed by atoms with E-state index in [2.05, 4.69) is 14.5 Å². The minimum atomic E-state index is -5.09. The summed E-state index contributed by atoms with van der Waals surface area (Å²) in [4.78, 5) is 14.4. The Balaban J connectivity index is 3.39. The minimum Gasteiger partial charge on any atom is -0.469 e. The maximum Gasteiger partial charge on any atom is 0.574 e. The van der Waals surface area contributed by atoms with E-state index >= 15 is 0 Å². The van der Waals surface area contributed by atoms with Crippen LogP contribution in [0, 0.1) is 0 Å². The summed E-state index contributed by atoms with van der Waals surface area (Å²) >= 11 is 5.50. The predicted molar refractivity (Wildman–Crippen MR) is 61.2 cm³/mol. The number of nitrogens with zero attached hydrogens (tertiary/aromatic N) is 1. The van der Waals surface area contributed by atoms with Crippen molar-refractivity contribution in [2.75, 3.05) is 7.11 Å². The molecule has 0 saturated heterocycles. The lowest BCUT2D eigenvalue weighted by atomic mass is 10.0. The zero-order chi connectivity index (χ0) is 16.2. The van der Waals surface area contributed by atoms with Crippen molar-refractivity contribution >= 4 is 17.6 Å². The molecule has 0 aliphatic carbocycles. The number of esters is 1. The number of carbonyl (C=O) groups is 1. The van der Waals surface area contributed by atoms with Crippen molar-refractivity contribution < 1.29 is 36.2 Å². The van der Waals surface area contributed by atoms with Crippen LogP contribution in [-0.2, 0) is 21.8 Å². The van der Waals surface area contributed by atoms with Crippen molar-refractivity contribution in [3.63, 3.8) is 0 Å². The molecule has 0 N–H and O–H groups in total. The zero-order valence-corrected chi connectivity index (χ0v) is 11.3. The Hall–Kier alpha value is -1.64. The molecule has 0 amide bonds. The van der Waals surface area contributed by atoms with Gasteiger partial charge in [-0.05, 0) is 5.56 Å². The van der Waals surface area contributed by atoms with Crippen molar-refractivity contribution in [3.8, 4) is 5.88 Å². The number of hydrogen-bond donors (Lipinski definition) is 0. The summed E-state index contributed by atoms with van der Waals surface area (Å²) in [5.41, 5.74) is -1.49. The van der Waals surface area contributed by atoms with Gasteiger partial charge in [0.1, 0.15) is 0 Å². The van der Waals surface area contributed by atoms with Crippen LogP contribution in [0.3, 0.4) is 0 Å². The largest absolute Gasteiger partial charge is 0.574 e. The second-order valence-corrected chi connectivity index (χ2v) is 3.98. The Morgan fingerprint density at radius 3 is 2.43 bits per heavy atom. The summed E-state index contributed by atoms with van der Waals surface area (Å²) in [5, 5.41) is 0. The van der Waals surface area contributed by atoms with E-state index in [-0.39, 0.29) is 5.56 Å². The zero-order valence-electron chi connectivity index (χ0n) is 10.5. The average Bonchev–Trinajstić information content (AvgIpc) is 2.38. The Bertz CT molecular complexity index is 521. The standard InChI is InChI=1S/C11H9ClF5NO3/c1-20-8(19)2-5-6(3-12)7(9(13)14)4-18-10(5)21-11(15,16)17/h4,9H,2-3H2,1H3. The molecule has 10 heteroatoms. The Morgan fingerprint density at radius 2 is 2.00 bits per heavy atom. The van der Waals surface area contributed by atoms with Gasteiger partial charge in [-0.15, -0.1) is 24.8 Å². The highest BCUT2D eigenvalue weighted by Gasteiger charge is 2.34. The SMILES string of the molecule is COC(=O)Cc1c(OC(F)(F)F)ncc(C(F)F)c1CCl. The molecule has 0 atom stereocenters. The van der Waals surface area contributed by atoms with Gasteiger partial charge in [0.05, 0.1) is 13.5 Å². The van der Waals surface area contributed by atoms with Crippen molar-refractivity contribution in [2.45, 2.75) is 25.1 Å². The maximum atomic E-state index is 12.8. The first-order valence-electron chi connectivity index (χ1n) is 5.37. The fourth-order valence-corrected chi connectivity index (χ4v) is 1.85. The van der Waals surface area contributed by atoms with E-state index in [9.17, 15) is 26.7 Å². The molecule has 0 spiro atoms. The number of alkyl halides is 6. The van der Waals surface area contributed by atoms with Crippen LogP contribution in [0.2, 0.25) is 0 Å². The predicted octanol–water partition coefficient (Wildman–Crippen LogP) is 3.37. The van der Waals surface area contributed by atoms with E-state index < -0.39 is 48.1 Å². The van der Waals surface area contributed by atoms with Gasteiger partial charge in [0.15, 0.2) is 0 Å². The number of rotatable bonds is 5. The Labute approximate surface area is 120 Å². The molecule has 1 rings (SSSR count). The lowest BCUT2D eigenvalue weighted by Crippen LogP contribution is -2.21. The van der Waals surface area contributed by atoms with Crippen LogP contribution in [0.25, 0.3) is 0 Å². The van der Waals surface area contributed by atoms with Gasteiger partial charge in [0, 0.05) is 23.2 Å². The molecular weight excluding hydrogens is 325 g/mol. The van der Waals surface area contributed by atoms with Crippen LogP contribution in [0.15, 0.2) is 6.20 Å². The fraction of sp³-hybridized carbons (Fsp3) is 0.455. The summed E-state index contributed by atoms with van der Waals surface area (Å²) in [6.45, 7) is 0. The molecule has 1 heterocycles. The third-order valence-electron chi connectivity index (χ3n) is 2.42. The highest BCUT2D eigenvalue weighted by Crippen LogP contribution is 2.33. The molecule has 0 unspecified atom stereocenters. The molecule has 118 valence electrons. The smallest absolute Gasteiger partial charge is 0.469 e. The van der Waals surface area contributed by atoms with Crippen LogP contribution in [0.5, 0.6) is 5.88 Å². The topological polar surface area (TPSA) is 48.4 Å². The minimum absolute atomic E-state index is 0.341. The third-order valence-corrected chi connectivity index (χ3v) is 2.69. The molecule has 1 aromatic rings. The number of carbonyl (C=O) groups excluding carboxylic acids is 1. The van der Waals surface area contributed by atoms with Gasteiger partial charge < -0.3 is 9.47 Å². The van der Waals surface area contributed by atoms with Crippen LogP contribution in [0.4, 0.5) is 22.0 Å². The number of ether oxygens (including phenoxy) is 2. The van der Waals surface area contributed by atoms with Crippen molar-refractivity contribution in [2.24, 2.45) is 0 Å². The lowest BCUT2D eigenvalue weighted by molar-refractivity contribution is -0.276.